The van der Waals surface area contributed by atoms with Crippen molar-refractivity contribution in [1.82, 2.24) is 4.90 Å². The van der Waals surface area contributed by atoms with E-state index in [1.54, 1.807) is 0 Å². The molecule has 0 aromatic heterocycles. The van der Waals surface area contributed by atoms with Crippen LogP contribution in [0.1, 0.15) is 24.8 Å². The van der Waals surface area contributed by atoms with E-state index in [1.807, 2.05) is 0 Å². The minimum atomic E-state index is 0.808. The summed E-state index contributed by atoms with van der Waals surface area (Å²) in [4.78, 5) is 5.18. The predicted octanol–water partition coefficient (Wildman–Crippen LogP) is 4.26. The van der Waals surface area contributed by atoms with E-state index < -0.39 is 0 Å². The zero-order valence-electron chi connectivity index (χ0n) is 12.0. The molecule has 0 radical (unpaired) electrons. The van der Waals surface area contributed by atoms with Crippen molar-refractivity contribution in [3.63, 3.8) is 0 Å². The third kappa shape index (κ3) is 2.93. The number of rotatable bonds is 2. The van der Waals surface area contributed by atoms with Gasteiger partial charge in [-0.05, 0) is 62.5 Å². The van der Waals surface area contributed by atoms with Gasteiger partial charge in [-0.2, -0.15) is 0 Å². The van der Waals surface area contributed by atoms with Crippen LogP contribution in [0.25, 0.3) is 0 Å². The van der Waals surface area contributed by atoms with Crippen LogP contribution in [-0.4, -0.2) is 37.6 Å². The summed E-state index contributed by atoms with van der Waals surface area (Å²) in [5, 5.41) is 0.923. The smallest absolute Gasteiger partial charge is 0.0408 e. The van der Waals surface area contributed by atoms with E-state index in [4.69, 9.17) is 0 Å². The molecule has 0 aliphatic carbocycles. The summed E-state index contributed by atoms with van der Waals surface area (Å²) in [6, 6.07) is 7.49. The SMILES string of the molecule is CN1CCCC2CN(c3ccc(Br)cc3CBr)CCC21. The van der Waals surface area contributed by atoms with Crippen LogP contribution in [0.2, 0.25) is 0 Å². The summed E-state index contributed by atoms with van der Waals surface area (Å²) in [5.74, 6) is 0.842. The molecule has 3 rings (SSSR count). The van der Waals surface area contributed by atoms with Crippen molar-refractivity contribution in [2.45, 2.75) is 30.6 Å². The van der Waals surface area contributed by atoms with E-state index in [2.05, 4.69) is 66.9 Å². The second-order valence-corrected chi connectivity index (χ2v) is 7.57. The number of halogens is 2. The average Bonchev–Trinajstić information content (AvgIpc) is 2.47. The fourth-order valence-electron chi connectivity index (χ4n) is 3.84. The van der Waals surface area contributed by atoms with Gasteiger partial charge in [0.05, 0.1) is 0 Å². The van der Waals surface area contributed by atoms with Gasteiger partial charge in [0.15, 0.2) is 0 Å². The Hall–Kier alpha value is -0.0600. The van der Waals surface area contributed by atoms with Crippen molar-refractivity contribution in [2.24, 2.45) is 5.92 Å². The molecule has 2 heterocycles. The largest absolute Gasteiger partial charge is 0.371 e. The lowest BCUT2D eigenvalue weighted by Crippen LogP contribution is -2.52. The third-order valence-electron chi connectivity index (χ3n) is 4.87. The number of nitrogens with zero attached hydrogens (tertiary/aromatic N) is 2. The van der Waals surface area contributed by atoms with Crippen molar-refractivity contribution >= 4 is 37.5 Å². The summed E-state index contributed by atoms with van der Waals surface area (Å²) in [6.07, 6.45) is 4.06. The minimum Gasteiger partial charge on any atom is -0.371 e. The summed E-state index contributed by atoms with van der Waals surface area (Å²) in [5.41, 5.74) is 2.80. The Kier molecular flexibility index (Phi) is 4.73. The zero-order chi connectivity index (χ0) is 14.1. The highest BCUT2D eigenvalue weighted by Crippen LogP contribution is 2.34. The Morgan fingerprint density at radius 3 is 2.90 bits per heavy atom. The van der Waals surface area contributed by atoms with Gasteiger partial charge in [0.2, 0.25) is 0 Å². The van der Waals surface area contributed by atoms with Gasteiger partial charge in [0.25, 0.3) is 0 Å². The van der Waals surface area contributed by atoms with E-state index in [9.17, 15) is 0 Å². The Bertz CT molecular complexity index is 478. The lowest BCUT2D eigenvalue weighted by atomic mass is 9.84. The highest BCUT2D eigenvalue weighted by atomic mass is 79.9. The number of hydrogen-bond acceptors (Lipinski definition) is 2. The van der Waals surface area contributed by atoms with Crippen LogP contribution in [-0.2, 0) is 5.33 Å². The molecule has 2 nitrogen and oxygen atoms in total. The van der Waals surface area contributed by atoms with E-state index in [0.717, 1.165) is 17.3 Å². The van der Waals surface area contributed by atoms with Gasteiger partial charge < -0.3 is 9.80 Å². The fraction of sp³-hybridized carbons (Fsp3) is 0.625. The van der Waals surface area contributed by atoms with Crippen molar-refractivity contribution in [3.05, 3.63) is 28.2 Å². The van der Waals surface area contributed by atoms with Crippen LogP contribution in [0, 0.1) is 5.92 Å². The second kappa shape index (κ2) is 6.37. The first-order valence-electron chi connectivity index (χ1n) is 7.48. The van der Waals surface area contributed by atoms with Gasteiger partial charge in [0.1, 0.15) is 0 Å². The summed E-state index contributed by atoms with van der Waals surface area (Å²) < 4.78 is 1.17. The molecule has 2 fully saturated rings. The molecule has 0 amide bonds. The molecule has 110 valence electrons. The van der Waals surface area contributed by atoms with Crippen LogP contribution in [0.5, 0.6) is 0 Å². The van der Waals surface area contributed by atoms with Crippen LogP contribution in [0.3, 0.4) is 0 Å². The van der Waals surface area contributed by atoms with Crippen molar-refractivity contribution < 1.29 is 0 Å². The Morgan fingerprint density at radius 2 is 2.10 bits per heavy atom. The molecule has 0 saturated carbocycles. The third-order valence-corrected chi connectivity index (χ3v) is 5.97. The van der Waals surface area contributed by atoms with Crippen molar-refractivity contribution in [1.29, 1.82) is 0 Å². The highest BCUT2D eigenvalue weighted by Gasteiger charge is 2.34. The van der Waals surface area contributed by atoms with Crippen LogP contribution < -0.4 is 4.90 Å². The molecule has 2 atom stereocenters. The molecule has 2 aliphatic heterocycles. The Balaban J connectivity index is 1.79. The maximum absolute atomic E-state index is 3.63. The number of hydrogen-bond donors (Lipinski definition) is 0. The van der Waals surface area contributed by atoms with Gasteiger partial charge in [-0.15, -0.1) is 0 Å². The first-order valence-corrected chi connectivity index (χ1v) is 9.40. The lowest BCUT2D eigenvalue weighted by Gasteiger charge is -2.47. The molecule has 0 spiro atoms. The highest BCUT2D eigenvalue weighted by molar-refractivity contribution is 9.10. The number of fused-ring (bicyclic) bond motifs is 1. The van der Waals surface area contributed by atoms with Gasteiger partial charge in [0, 0.05) is 34.6 Å². The first-order chi connectivity index (χ1) is 9.69. The molecule has 2 aliphatic rings. The average molecular weight is 402 g/mol. The van der Waals surface area contributed by atoms with Crippen LogP contribution in [0.4, 0.5) is 5.69 Å². The summed E-state index contributed by atoms with van der Waals surface area (Å²) in [7, 11) is 2.30. The number of benzene rings is 1. The lowest BCUT2D eigenvalue weighted by molar-refractivity contribution is 0.102. The number of likely N-dealkylation sites (tertiary alicyclic amines) is 1. The monoisotopic (exact) mass is 400 g/mol. The molecule has 1 aromatic rings. The molecular weight excluding hydrogens is 380 g/mol. The molecular formula is C16H22Br2N2. The van der Waals surface area contributed by atoms with E-state index in [-0.39, 0.29) is 0 Å². The standard InChI is InChI=1S/C16H22Br2N2/c1-19-7-2-3-12-11-20(8-6-15(12)19)16-5-4-14(18)9-13(16)10-17/h4-5,9,12,15H,2-3,6-8,10-11H2,1H3. The predicted molar refractivity (Wildman–Crippen MR) is 92.7 cm³/mol. The Labute approximate surface area is 138 Å². The molecule has 2 unspecified atom stereocenters. The van der Waals surface area contributed by atoms with Crippen molar-refractivity contribution in [3.8, 4) is 0 Å². The molecule has 20 heavy (non-hydrogen) atoms. The quantitative estimate of drug-likeness (QED) is 0.683. The van der Waals surface area contributed by atoms with Crippen LogP contribution >= 0.6 is 31.9 Å². The van der Waals surface area contributed by atoms with E-state index in [0.29, 0.717) is 0 Å². The molecule has 1 aromatic carbocycles. The first kappa shape index (κ1) is 14.9. The normalized spacial score (nSPS) is 27.4. The zero-order valence-corrected chi connectivity index (χ0v) is 15.2. The molecule has 4 heteroatoms. The molecule has 0 N–H and O–H groups in total. The number of alkyl halides is 1. The Morgan fingerprint density at radius 1 is 1.25 bits per heavy atom. The minimum absolute atomic E-state index is 0.808. The van der Waals surface area contributed by atoms with Crippen molar-refractivity contribution in [2.75, 3.05) is 31.6 Å². The van der Waals surface area contributed by atoms with E-state index >= 15 is 0 Å². The van der Waals surface area contributed by atoms with E-state index in [1.165, 1.54) is 54.6 Å². The number of piperidine rings is 2. The summed E-state index contributed by atoms with van der Waals surface area (Å²) in [6.45, 7) is 3.69. The maximum atomic E-state index is 3.63. The number of anilines is 1. The topological polar surface area (TPSA) is 6.48 Å². The fourth-order valence-corrected chi connectivity index (χ4v) is 4.70. The molecule has 0 bridgehead atoms. The maximum Gasteiger partial charge on any atom is 0.0408 e. The van der Waals surface area contributed by atoms with Gasteiger partial charge in [-0.3, -0.25) is 0 Å². The van der Waals surface area contributed by atoms with Gasteiger partial charge >= 0.3 is 0 Å². The molecule has 2 saturated heterocycles. The summed E-state index contributed by atoms with van der Waals surface area (Å²) >= 11 is 7.21. The van der Waals surface area contributed by atoms with Crippen LogP contribution in [0.15, 0.2) is 22.7 Å². The second-order valence-electron chi connectivity index (χ2n) is 6.09. The van der Waals surface area contributed by atoms with Gasteiger partial charge in [-0.25, -0.2) is 0 Å². The van der Waals surface area contributed by atoms with Gasteiger partial charge in [-0.1, -0.05) is 31.9 Å².